The van der Waals surface area contributed by atoms with Gasteiger partial charge >= 0.3 is 6.03 Å². The first kappa shape index (κ1) is 22.1. The Balaban J connectivity index is 1.41. The van der Waals surface area contributed by atoms with E-state index in [0.717, 1.165) is 22.7 Å². The summed E-state index contributed by atoms with van der Waals surface area (Å²) in [5, 5.41) is 13.8. The van der Waals surface area contributed by atoms with E-state index >= 15 is 0 Å². The standard InChI is InChI=1S/C24H28N4O3/c1-24(2,3)18-7-9-19(10-8-18)26-23(29)25-15-16-31-22-14-13-21(27-28-22)17-5-11-20(30-4)12-6-17/h5-14H,15-16H2,1-4H3,(H2,25,26,29). The first-order chi connectivity index (χ1) is 14.8. The highest BCUT2D eigenvalue weighted by molar-refractivity contribution is 5.89. The molecule has 31 heavy (non-hydrogen) atoms. The van der Waals surface area contributed by atoms with Gasteiger partial charge in [-0.1, -0.05) is 32.9 Å². The van der Waals surface area contributed by atoms with Gasteiger partial charge in [0.1, 0.15) is 12.4 Å². The molecule has 7 heteroatoms. The van der Waals surface area contributed by atoms with Gasteiger partial charge in [-0.15, -0.1) is 10.2 Å². The monoisotopic (exact) mass is 420 g/mol. The zero-order valence-electron chi connectivity index (χ0n) is 18.3. The minimum Gasteiger partial charge on any atom is -0.497 e. The van der Waals surface area contributed by atoms with Crippen LogP contribution in [0.25, 0.3) is 11.3 Å². The molecule has 0 atom stereocenters. The number of aromatic nitrogens is 2. The molecule has 0 aliphatic carbocycles. The van der Waals surface area contributed by atoms with Crippen molar-refractivity contribution >= 4 is 11.7 Å². The lowest BCUT2D eigenvalue weighted by atomic mass is 9.87. The lowest BCUT2D eigenvalue weighted by molar-refractivity contribution is 0.246. The van der Waals surface area contributed by atoms with Gasteiger partial charge in [-0.25, -0.2) is 4.79 Å². The predicted octanol–water partition coefficient (Wildman–Crippen LogP) is 4.65. The van der Waals surface area contributed by atoms with E-state index < -0.39 is 0 Å². The Bertz CT molecular complexity index is 979. The van der Waals surface area contributed by atoms with Crippen molar-refractivity contribution in [1.29, 1.82) is 0 Å². The van der Waals surface area contributed by atoms with Gasteiger partial charge < -0.3 is 20.1 Å². The zero-order valence-corrected chi connectivity index (χ0v) is 18.3. The Hall–Kier alpha value is -3.61. The third-order valence-electron chi connectivity index (χ3n) is 4.67. The fraction of sp³-hybridized carbons (Fsp3) is 0.292. The van der Waals surface area contributed by atoms with Crippen LogP contribution in [0.4, 0.5) is 10.5 Å². The number of carbonyl (C=O) groups is 1. The second kappa shape index (κ2) is 9.93. The van der Waals surface area contributed by atoms with Crippen LogP contribution in [0.1, 0.15) is 26.3 Å². The summed E-state index contributed by atoms with van der Waals surface area (Å²) < 4.78 is 10.7. The van der Waals surface area contributed by atoms with Crippen LogP contribution in [0.15, 0.2) is 60.7 Å². The maximum atomic E-state index is 12.0. The molecular formula is C24H28N4O3. The fourth-order valence-corrected chi connectivity index (χ4v) is 2.86. The Kier molecular flexibility index (Phi) is 7.07. The number of rotatable bonds is 7. The smallest absolute Gasteiger partial charge is 0.319 e. The summed E-state index contributed by atoms with van der Waals surface area (Å²) in [5.41, 5.74) is 3.71. The number of hydrogen-bond donors (Lipinski definition) is 2. The number of nitrogens with one attached hydrogen (secondary N) is 2. The zero-order chi connectivity index (χ0) is 22.3. The molecule has 3 aromatic rings. The number of anilines is 1. The first-order valence-electron chi connectivity index (χ1n) is 10.1. The third-order valence-corrected chi connectivity index (χ3v) is 4.67. The summed E-state index contributed by atoms with van der Waals surface area (Å²) in [4.78, 5) is 12.0. The Morgan fingerprint density at radius 2 is 1.65 bits per heavy atom. The molecule has 7 nitrogen and oxygen atoms in total. The van der Waals surface area contributed by atoms with Crippen LogP contribution < -0.4 is 20.1 Å². The fourth-order valence-electron chi connectivity index (χ4n) is 2.86. The van der Waals surface area contributed by atoms with E-state index in [9.17, 15) is 4.79 Å². The maximum absolute atomic E-state index is 12.0. The minimum atomic E-state index is -0.284. The van der Waals surface area contributed by atoms with E-state index in [4.69, 9.17) is 9.47 Å². The van der Waals surface area contributed by atoms with Crippen molar-refractivity contribution in [1.82, 2.24) is 15.5 Å². The first-order valence-corrected chi connectivity index (χ1v) is 10.1. The molecule has 0 aliphatic heterocycles. The number of benzene rings is 2. The predicted molar refractivity (Wildman–Crippen MR) is 122 cm³/mol. The van der Waals surface area contributed by atoms with Crippen LogP contribution in [0.3, 0.4) is 0 Å². The lowest BCUT2D eigenvalue weighted by Crippen LogP contribution is -2.32. The molecule has 3 rings (SSSR count). The Labute approximate surface area is 182 Å². The highest BCUT2D eigenvalue weighted by atomic mass is 16.5. The molecule has 0 spiro atoms. The van der Waals surface area contributed by atoms with Gasteiger partial charge in [-0.2, -0.15) is 0 Å². The quantitative estimate of drug-likeness (QED) is 0.544. The maximum Gasteiger partial charge on any atom is 0.319 e. The van der Waals surface area contributed by atoms with Crippen molar-refractivity contribution in [3.63, 3.8) is 0 Å². The highest BCUT2D eigenvalue weighted by Crippen LogP contribution is 2.23. The number of nitrogens with zero attached hydrogens (tertiary/aromatic N) is 2. The van der Waals surface area contributed by atoms with Gasteiger partial charge in [-0.3, -0.25) is 0 Å². The molecule has 0 saturated carbocycles. The van der Waals surface area contributed by atoms with Crippen LogP contribution in [-0.2, 0) is 5.41 Å². The summed E-state index contributed by atoms with van der Waals surface area (Å²) in [5.74, 6) is 1.19. The van der Waals surface area contributed by atoms with Crippen LogP contribution in [0.5, 0.6) is 11.6 Å². The molecule has 2 N–H and O–H groups in total. The van der Waals surface area contributed by atoms with Crippen LogP contribution in [0, 0.1) is 0 Å². The Morgan fingerprint density at radius 3 is 2.23 bits per heavy atom. The van der Waals surface area contributed by atoms with Crippen LogP contribution in [0.2, 0.25) is 0 Å². The van der Waals surface area contributed by atoms with Crippen molar-refractivity contribution in [3.8, 4) is 22.9 Å². The van der Waals surface area contributed by atoms with Crippen molar-refractivity contribution in [3.05, 3.63) is 66.2 Å². The topological polar surface area (TPSA) is 85.4 Å². The molecule has 0 saturated heterocycles. The number of hydrogen-bond acceptors (Lipinski definition) is 5. The third kappa shape index (κ3) is 6.44. The van der Waals surface area contributed by atoms with E-state index in [0.29, 0.717) is 12.4 Å². The van der Waals surface area contributed by atoms with Gasteiger partial charge in [0.25, 0.3) is 0 Å². The molecule has 0 bridgehead atoms. The molecule has 0 unspecified atom stereocenters. The summed E-state index contributed by atoms with van der Waals surface area (Å²) in [6.45, 7) is 7.08. The lowest BCUT2D eigenvalue weighted by Gasteiger charge is -2.19. The second-order valence-electron chi connectivity index (χ2n) is 8.04. The molecule has 0 aliphatic rings. The van der Waals surface area contributed by atoms with Crippen molar-refractivity contribution in [2.75, 3.05) is 25.6 Å². The number of urea groups is 1. The van der Waals surface area contributed by atoms with E-state index in [1.54, 1.807) is 13.2 Å². The van der Waals surface area contributed by atoms with Gasteiger partial charge in [0.15, 0.2) is 0 Å². The van der Waals surface area contributed by atoms with Gasteiger partial charge in [-0.05, 0) is 53.4 Å². The average Bonchev–Trinajstić information content (AvgIpc) is 2.77. The van der Waals surface area contributed by atoms with E-state index in [1.807, 2.05) is 54.6 Å². The minimum absolute atomic E-state index is 0.0772. The summed E-state index contributed by atoms with van der Waals surface area (Å²) in [6.07, 6.45) is 0. The molecule has 2 aromatic carbocycles. The number of amides is 2. The molecule has 0 fully saturated rings. The van der Waals surface area contributed by atoms with Crippen LogP contribution in [-0.4, -0.2) is 36.5 Å². The number of carbonyl (C=O) groups excluding carboxylic acids is 1. The molecule has 2 amide bonds. The molecule has 0 radical (unpaired) electrons. The molecule has 162 valence electrons. The number of methoxy groups -OCH3 is 1. The van der Waals surface area contributed by atoms with Gasteiger partial charge in [0, 0.05) is 17.3 Å². The van der Waals surface area contributed by atoms with Gasteiger partial charge in [0.2, 0.25) is 5.88 Å². The molecule has 1 heterocycles. The van der Waals surface area contributed by atoms with E-state index in [2.05, 4.69) is 41.6 Å². The normalized spacial score (nSPS) is 11.0. The Morgan fingerprint density at radius 1 is 0.935 bits per heavy atom. The van der Waals surface area contributed by atoms with Crippen molar-refractivity contribution in [2.24, 2.45) is 0 Å². The average molecular weight is 421 g/mol. The summed E-state index contributed by atoms with van der Waals surface area (Å²) >= 11 is 0. The SMILES string of the molecule is COc1ccc(-c2ccc(OCCNC(=O)Nc3ccc(C(C)(C)C)cc3)nn2)cc1. The summed E-state index contributed by atoms with van der Waals surface area (Å²) in [7, 11) is 1.63. The summed E-state index contributed by atoms with van der Waals surface area (Å²) in [6, 6.07) is 18.7. The molecular weight excluding hydrogens is 392 g/mol. The largest absolute Gasteiger partial charge is 0.497 e. The van der Waals surface area contributed by atoms with Crippen molar-refractivity contribution in [2.45, 2.75) is 26.2 Å². The number of ether oxygens (including phenoxy) is 2. The second-order valence-corrected chi connectivity index (χ2v) is 8.04. The highest BCUT2D eigenvalue weighted by Gasteiger charge is 2.13. The van der Waals surface area contributed by atoms with Crippen LogP contribution >= 0.6 is 0 Å². The molecule has 1 aromatic heterocycles. The van der Waals surface area contributed by atoms with Gasteiger partial charge in [0.05, 0.1) is 19.3 Å². The van der Waals surface area contributed by atoms with Crippen molar-refractivity contribution < 1.29 is 14.3 Å². The van der Waals surface area contributed by atoms with E-state index in [1.165, 1.54) is 5.56 Å². The van der Waals surface area contributed by atoms with E-state index in [-0.39, 0.29) is 18.1 Å².